The van der Waals surface area contributed by atoms with Gasteiger partial charge >= 0.3 is 0 Å². The monoisotopic (exact) mass is 354 g/mol. The first-order chi connectivity index (χ1) is 12.6. The number of rotatable bonds is 5. The number of piperazine rings is 1. The molecule has 1 aromatic carbocycles. The Bertz CT molecular complexity index is 752. The van der Waals surface area contributed by atoms with E-state index in [9.17, 15) is 9.59 Å². The van der Waals surface area contributed by atoms with Crippen LogP contribution in [0.2, 0.25) is 0 Å². The Hall–Kier alpha value is -3.16. The van der Waals surface area contributed by atoms with Gasteiger partial charge in [0, 0.05) is 64.0 Å². The molecule has 0 saturated carbocycles. The summed E-state index contributed by atoms with van der Waals surface area (Å²) in [4.78, 5) is 37.4. The summed E-state index contributed by atoms with van der Waals surface area (Å²) in [7, 11) is 3.93. The predicted octanol–water partition coefficient (Wildman–Crippen LogP) is 1.07. The number of carbonyl (C=O) groups is 2. The van der Waals surface area contributed by atoms with Crippen LogP contribution < -0.4 is 15.1 Å². The molecule has 0 aliphatic carbocycles. The first kappa shape index (κ1) is 17.7. The molecule has 0 bridgehead atoms. The van der Waals surface area contributed by atoms with E-state index in [1.54, 1.807) is 4.90 Å². The summed E-state index contributed by atoms with van der Waals surface area (Å²) in [6.45, 7) is 2.67. The zero-order chi connectivity index (χ0) is 18.5. The normalized spacial score (nSPS) is 14.1. The molecule has 2 heterocycles. The number of nitrogens with zero attached hydrogens (tertiary/aromatic N) is 5. The Labute approximate surface area is 152 Å². The third kappa shape index (κ3) is 4.08. The summed E-state index contributed by atoms with van der Waals surface area (Å²) in [5, 5.41) is 2.84. The van der Waals surface area contributed by atoms with Crippen molar-refractivity contribution in [1.29, 1.82) is 0 Å². The van der Waals surface area contributed by atoms with Crippen LogP contribution in [0.15, 0.2) is 36.7 Å². The van der Waals surface area contributed by atoms with Crippen LogP contribution in [0.4, 0.5) is 17.3 Å². The van der Waals surface area contributed by atoms with Gasteiger partial charge in [-0.1, -0.05) is 0 Å². The second kappa shape index (κ2) is 7.81. The molecule has 8 nitrogen and oxygen atoms in total. The molecule has 1 aliphatic rings. The van der Waals surface area contributed by atoms with Gasteiger partial charge in [-0.05, 0) is 24.3 Å². The number of anilines is 3. The maximum absolute atomic E-state index is 12.3. The van der Waals surface area contributed by atoms with Crippen molar-refractivity contribution in [2.45, 2.75) is 0 Å². The first-order valence-corrected chi connectivity index (χ1v) is 8.42. The molecule has 1 saturated heterocycles. The van der Waals surface area contributed by atoms with Crippen molar-refractivity contribution in [3.63, 3.8) is 0 Å². The SMILES string of the molecule is CN(C)c1ccc(NC(=O)c2cnc(N3CCN(C=O)CC3)nc2)cc1. The van der Waals surface area contributed by atoms with Crippen molar-refractivity contribution in [2.75, 3.05) is 55.4 Å². The van der Waals surface area contributed by atoms with Crippen LogP contribution >= 0.6 is 0 Å². The van der Waals surface area contributed by atoms with Gasteiger partial charge in [-0.3, -0.25) is 9.59 Å². The van der Waals surface area contributed by atoms with Crippen LogP contribution in [-0.2, 0) is 4.79 Å². The van der Waals surface area contributed by atoms with E-state index in [1.165, 1.54) is 12.4 Å². The molecule has 1 aromatic heterocycles. The number of hydrogen-bond donors (Lipinski definition) is 1. The van der Waals surface area contributed by atoms with Gasteiger partial charge in [0.1, 0.15) is 0 Å². The van der Waals surface area contributed by atoms with E-state index in [0.717, 1.165) is 17.8 Å². The maximum Gasteiger partial charge on any atom is 0.258 e. The molecule has 1 aliphatic heterocycles. The summed E-state index contributed by atoms with van der Waals surface area (Å²) in [6, 6.07) is 7.59. The summed E-state index contributed by atoms with van der Waals surface area (Å²) < 4.78 is 0. The zero-order valence-corrected chi connectivity index (χ0v) is 14.9. The Balaban J connectivity index is 1.61. The van der Waals surface area contributed by atoms with Gasteiger partial charge in [-0.25, -0.2) is 9.97 Å². The van der Waals surface area contributed by atoms with E-state index in [2.05, 4.69) is 15.3 Å². The fraction of sp³-hybridized carbons (Fsp3) is 0.333. The molecule has 0 radical (unpaired) electrons. The summed E-state index contributed by atoms with van der Waals surface area (Å²) in [6.07, 6.45) is 3.91. The predicted molar refractivity (Wildman–Crippen MR) is 101 cm³/mol. The van der Waals surface area contributed by atoms with Crippen LogP contribution in [0, 0.1) is 0 Å². The quantitative estimate of drug-likeness (QED) is 0.809. The third-order valence-electron chi connectivity index (χ3n) is 4.29. The largest absolute Gasteiger partial charge is 0.378 e. The minimum Gasteiger partial charge on any atom is -0.378 e. The van der Waals surface area contributed by atoms with E-state index in [4.69, 9.17) is 0 Å². The van der Waals surface area contributed by atoms with Crippen molar-refractivity contribution in [3.8, 4) is 0 Å². The van der Waals surface area contributed by atoms with Crippen molar-refractivity contribution in [2.24, 2.45) is 0 Å². The molecular formula is C18H22N6O2. The van der Waals surface area contributed by atoms with Gasteiger partial charge in [-0.2, -0.15) is 0 Å². The maximum atomic E-state index is 12.3. The Morgan fingerprint density at radius 3 is 2.23 bits per heavy atom. The molecule has 0 spiro atoms. The number of hydrogen-bond acceptors (Lipinski definition) is 6. The van der Waals surface area contributed by atoms with Gasteiger partial charge in [0.2, 0.25) is 12.4 Å². The van der Waals surface area contributed by atoms with Gasteiger partial charge < -0.3 is 20.0 Å². The van der Waals surface area contributed by atoms with Crippen LogP contribution in [-0.4, -0.2) is 67.5 Å². The zero-order valence-electron chi connectivity index (χ0n) is 14.9. The Kier molecular flexibility index (Phi) is 5.31. The summed E-state index contributed by atoms with van der Waals surface area (Å²) in [5.41, 5.74) is 2.18. The Morgan fingerprint density at radius 2 is 1.69 bits per heavy atom. The van der Waals surface area contributed by atoms with Crippen LogP contribution in [0.25, 0.3) is 0 Å². The minimum absolute atomic E-state index is 0.250. The van der Waals surface area contributed by atoms with Gasteiger partial charge in [0.05, 0.1) is 5.56 Å². The standard InChI is InChI=1S/C18H22N6O2/c1-22(2)16-5-3-15(4-6-16)21-17(26)14-11-19-18(20-12-14)24-9-7-23(13-25)8-10-24/h3-6,11-13H,7-10H2,1-2H3,(H,21,26). The highest BCUT2D eigenvalue weighted by Crippen LogP contribution is 2.17. The fourth-order valence-corrected chi connectivity index (χ4v) is 2.68. The minimum atomic E-state index is -0.250. The molecule has 26 heavy (non-hydrogen) atoms. The number of benzene rings is 1. The van der Waals surface area contributed by atoms with E-state index in [0.29, 0.717) is 37.7 Å². The van der Waals surface area contributed by atoms with E-state index in [1.807, 2.05) is 48.2 Å². The van der Waals surface area contributed by atoms with Crippen molar-refractivity contribution < 1.29 is 9.59 Å². The topological polar surface area (TPSA) is 81.7 Å². The van der Waals surface area contributed by atoms with Gasteiger partial charge in [0.15, 0.2) is 0 Å². The van der Waals surface area contributed by atoms with Crippen molar-refractivity contribution in [1.82, 2.24) is 14.9 Å². The number of amides is 2. The van der Waals surface area contributed by atoms with E-state index < -0.39 is 0 Å². The molecular weight excluding hydrogens is 332 g/mol. The second-order valence-electron chi connectivity index (χ2n) is 6.30. The average Bonchev–Trinajstić information content (AvgIpc) is 2.68. The molecule has 136 valence electrons. The number of carbonyl (C=O) groups excluding carboxylic acids is 2. The third-order valence-corrected chi connectivity index (χ3v) is 4.29. The lowest BCUT2D eigenvalue weighted by Gasteiger charge is -2.32. The van der Waals surface area contributed by atoms with Crippen LogP contribution in [0.5, 0.6) is 0 Å². The van der Waals surface area contributed by atoms with Crippen molar-refractivity contribution in [3.05, 3.63) is 42.2 Å². The van der Waals surface area contributed by atoms with Gasteiger partial charge in [0.25, 0.3) is 5.91 Å². The van der Waals surface area contributed by atoms with Crippen LogP contribution in [0.3, 0.4) is 0 Å². The first-order valence-electron chi connectivity index (χ1n) is 8.42. The van der Waals surface area contributed by atoms with E-state index >= 15 is 0 Å². The smallest absolute Gasteiger partial charge is 0.258 e. The highest BCUT2D eigenvalue weighted by Gasteiger charge is 2.18. The molecule has 0 unspecified atom stereocenters. The molecule has 1 N–H and O–H groups in total. The van der Waals surface area contributed by atoms with Gasteiger partial charge in [-0.15, -0.1) is 0 Å². The summed E-state index contributed by atoms with van der Waals surface area (Å²) >= 11 is 0. The van der Waals surface area contributed by atoms with E-state index in [-0.39, 0.29) is 5.91 Å². The highest BCUT2D eigenvalue weighted by molar-refractivity contribution is 6.03. The second-order valence-corrected chi connectivity index (χ2v) is 6.30. The Morgan fingerprint density at radius 1 is 1.08 bits per heavy atom. The molecule has 8 heteroatoms. The van der Waals surface area contributed by atoms with Crippen LogP contribution in [0.1, 0.15) is 10.4 Å². The lowest BCUT2D eigenvalue weighted by atomic mass is 10.2. The number of nitrogens with one attached hydrogen (secondary N) is 1. The molecule has 1 fully saturated rings. The summed E-state index contributed by atoms with van der Waals surface area (Å²) in [5.74, 6) is 0.322. The van der Waals surface area contributed by atoms with Crippen molar-refractivity contribution >= 4 is 29.6 Å². The molecule has 2 amide bonds. The number of aromatic nitrogens is 2. The molecule has 2 aromatic rings. The fourth-order valence-electron chi connectivity index (χ4n) is 2.68. The highest BCUT2D eigenvalue weighted by atomic mass is 16.1. The lowest BCUT2D eigenvalue weighted by Crippen LogP contribution is -2.46. The average molecular weight is 354 g/mol. The molecule has 3 rings (SSSR count). The lowest BCUT2D eigenvalue weighted by molar-refractivity contribution is -0.118. The molecule has 0 atom stereocenters.